The van der Waals surface area contributed by atoms with E-state index in [2.05, 4.69) is 6.92 Å². The van der Waals surface area contributed by atoms with E-state index in [1.54, 1.807) is 0 Å². The van der Waals surface area contributed by atoms with Gasteiger partial charge in [0.1, 0.15) is 0 Å². The molecular formula is C14H30O3S. The van der Waals surface area contributed by atoms with Crippen molar-refractivity contribution in [2.24, 2.45) is 0 Å². The van der Waals surface area contributed by atoms with E-state index < -0.39 is 17.2 Å². The van der Waals surface area contributed by atoms with Gasteiger partial charge in [-0.2, -0.15) is 0 Å². The van der Waals surface area contributed by atoms with Gasteiger partial charge < -0.3 is 9.66 Å². The molecule has 0 saturated heterocycles. The Bertz CT molecular complexity index is 197. The van der Waals surface area contributed by atoms with Gasteiger partial charge in [-0.1, -0.05) is 64.7 Å². The molecule has 0 saturated carbocycles. The monoisotopic (exact) mass is 278 g/mol. The molecule has 0 radical (unpaired) electrons. The maximum atomic E-state index is 10.4. The zero-order valence-corrected chi connectivity index (χ0v) is 12.6. The highest BCUT2D eigenvalue weighted by Crippen LogP contribution is 2.12. The van der Waals surface area contributed by atoms with E-state index in [0.29, 0.717) is 6.42 Å². The number of hydrogen-bond donors (Lipinski definition) is 2. The summed E-state index contributed by atoms with van der Waals surface area (Å²) in [6.45, 7) is 2.23. The van der Waals surface area contributed by atoms with E-state index in [4.69, 9.17) is 4.55 Å². The smallest absolute Gasteiger partial charge is 0.152 e. The molecule has 2 atom stereocenters. The predicted octanol–water partition coefficient (Wildman–Crippen LogP) is 3.88. The van der Waals surface area contributed by atoms with Crippen LogP contribution in [0.5, 0.6) is 0 Å². The molecular weight excluding hydrogens is 248 g/mol. The molecule has 0 aliphatic rings. The van der Waals surface area contributed by atoms with Crippen LogP contribution in [-0.4, -0.2) is 25.7 Å². The third kappa shape index (κ3) is 14.1. The summed E-state index contributed by atoms with van der Waals surface area (Å²) in [5.41, 5.74) is 0. The summed E-state index contributed by atoms with van der Waals surface area (Å²) < 4.78 is 19.0. The van der Waals surface area contributed by atoms with Crippen LogP contribution in [0.25, 0.3) is 0 Å². The van der Waals surface area contributed by atoms with Crippen molar-refractivity contribution in [3.05, 3.63) is 0 Å². The molecule has 0 aromatic heterocycles. The minimum absolute atomic E-state index is 0.193. The minimum atomic E-state index is -1.76. The average Bonchev–Trinajstić information content (AvgIpc) is 2.34. The van der Waals surface area contributed by atoms with Gasteiger partial charge in [-0.25, -0.2) is 4.21 Å². The molecule has 0 amide bonds. The van der Waals surface area contributed by atoms with E-state index in [1.165, 1.54) is 51.4 Å². The van der Waals surface area contributed by atoms with Gasteiger partial charge in [0.2, 0.25) is 0 Å². The van der Waals surface area contributed by atoms with Crippen LogP contribution in [0.4, 0.5) is 0 Å². The first-order valence-corrected chi connectivity index (χ1v) is 8.70. The highest BCUT2D eigenvalue weighted by molar-refractivity contribution is 7.79. The van der Waals surface area contributed by atoms with Crippen LogP contribution >= 0.6 is 0 Å². The molecule has 0 aliphatic heterocycles. The zero-order chi connectivity index (χ0) is 13.6. The molecule has 0 fully saturated rings. The van der Waals surface area contributed by atoms with Gasteiger partial charge in [-0.05, 0) is 12.8 Å². The first-order valence-electron chi connectivity index (χ1n) is 7.42. The second kappa shape index (κ2) is 13.5. The largest absolute Gasteiger partial charge is 0.393 e. The van der Waals surface area contributed by atoms with E-state index in [1.807, 2.05) is 0 Å². The fourth-order valence-corrected chi connectivity index (χ4v) is 2.55. The third-order valence-corrected chi connectivity index (χ3v) is 3.85. The van der Waals surface area contributed by atoms with Crippen molar-refractivity contribution in [2.75, 3.05) is 5.75 Å². The van der Waals surface area contributed by atoms with Crippen LogP contribution in [0.2, 0.25) is 0 Å². The Morgan fingerprint density at radius 3 is 1.89 bits per heavy atom. The Morgan fingerprint density at radius 2 is 1.39 bits per heavy atom. The summed E-state index contributed by atoms with van der Waals surface area (Å²) in [6, 6.07) is 0. The molecule has 3 nitrogen and oxygen atoms in total. The van der Waals surface area contributed by atoms with Crippen molar-refractivity contribution in [2.45, 2.75) is 83.7 Å². The lowest BCUT2D eigenvalue weighted by molar-refractivity contribution is 0.157. The molecule has 18 heavy (non-hydrogen) atoms. The molecule has 0 aromatic rings. The summed E-state index contributed by atoms with van der Waals surface area (Å²) >= 11 is -1.76. The Kier molecular flexibility index (Phi) is 13.6. The van der Waals surface area contributed by atoms with Crippen molar-refractivity contribution in [3.8, 4) is 0 Å². The Balaban J connectivity index is 3.12. The van der Waals surface area contributed by atoms with Crippen molar-refractivity contribution < 1.29 is 13.9 Å². The molecule has 0 aliphatic carbocycles. The Morgan fingerprint density at radius 1 is 0.889 bits per heavy atom. The summed E-state index contributed by atoms with van der Waals surface area (Å²) in [4.78, 5) is 0. The zero-order valence-electron chi connectivity index (χ0n) is 11.8. The summed E-state index contributed by atoms with van der Waals surface area (Å²) in [5.74, 6) is 0.193. The van der Waals surface area contributed by atoms with Gasteiger partial charge in [0.25, 0.3) is 0 Å². The van der Waals surface area contributed by atoms with E-state index >= 15 is 0 Å². The fourth-order valence-electron chi connectivity index (χ4n) is 2.07. The van der Waals surface area contributed by atoms with Gasteiger partial charge in [0.05, 0.1) is 11.9 Å². The molecule has 0 spiro atoms. The first-order chi connectivity index (χ1) is 8.66. The summed E-state index contributed by atoms with van der Waals surface area (Å²) in [7, 11) is 0. The first kappa shape index (κ1) is 18.1. The van der Waals surface area contributed by atoms with Crippen LogP contribution in [0, 0.1) is 0 Å². The quantitative estimate of drug-likeness (QED) is 0.397. The maximum absolute atomic E-state index is 10.4. The SMILES string of the molecule is CCCCCCCCCCCC(O)CCS(=O)O. The summed E-state index contributed by atoms with van der Waals surface area (Å²) in [6.07, 6.45) is 12.3. The molecule has 2 N–H and O–H groups in total. The molecule has 2 unspecified atom stereocenters. The maximum Gasteiger partial charge on any atom is 0.152 e. The molecule has 0 rings (SSSR count). The second-order valence-electron chi connectivity index (χ2n) is 5.09. The third-order valence-electron chi connectivity index (χ3n) is 3.27. The lowest BCUT2D eigenvalue weighted by atomic mass is 10.0. The minimum Gasteiger partial charge on any atom is -0.393 e. The van der Waals surface area contributed by atoms with Gasteiger partial charge in [0.15, 0.2) is 11.1 Å². The highest BCUT2D eigenvalue weighted by Gasteiger charge is 2.05. The van der Waals surface area contributed by atoms with E-state index in [9.17, 15) is 9.32 Å². The number of hydrogen-bond acceptors (Lipinski definition) is 2. The van der Waals surface area contributed by atoms with Crippen molar-refractivity contribution in [1.29, 1.82) is 0 Å². The van der Waals surface area contributed by atoms with Crippen LogP contribution in [0.3, 0.4) is 0 Å². The summed E-state index contributed by atoms with van der Waals surface area (Å²) in [5, 5.41) is 9.55. The molecule has 110 valence electrons. The molecule has 4 heteroatoms. The lowest BCUT2D eigenvalue weighted by Gasteiger charge is -2.08. The topological polar surface area (TPSA) is 57.5 Å². The fraction of sp³-hybridized carbons (Fsp3) is 1.00. The Labute approximate surface area is 115 Å². The van der Waals surface area contributed by atoms with E-state index in [-0.39, 0.29) is 5.75 Å². The van der Waals surface area contributed by atoms with Crippen molar-refractivity contribution in [3.63, 3.8) is 0 Å². The Hall–Kier alpha value is 0.0700. The van der Waals surface area contributed by atoms with Gasteiger partial charge in [-0.15, -0.1) is 0 Å². The van der Waals surface area contributed by atoms with Gasteiger partial charge >= 0.3 is 0 Å². The standard InChI is InChI=1S/C14H30O3S/c1-2-3-4-5-6-7-8-9-10-11-14(15)12-13-18(16)17/h14-15H,2-13H2,1H3,(H,16,17). The van der Waals surface area contributed by atoms with Crippen molar-refractivity contribution in [1.82, 2.24) is 0 Å². The highest BCUT2D eigenvalue weighted by atomic mass is 32.2. The number of unbranched alkanes of at least 4 members (excludes halogenated alkanes) is 8. The lowest BCUT2D eigenvalue weighted by Crippen LogP contribution is -2.10. The number of rotatable bonds is 13. The molecule has 0 heterocycles. The van der Waals surface area contributed by atoms with E-state index in [0.717, 1.165) is 12.8 Å². The van der Waals surface area contributed by atoms with Crippen molar-refractivity contribution >= 4 is 11.1 Å². The van der Waals surface area contributed by atoms with Crippen LogP contribution in [0.1, 0.15) is 77.6 Å². The second-order valence-corrected chi connectivity index (χ2v) is 6.14. The molecule has 0 aromatic carbocycles. The van der Waals surface area contributed by atoms with Crippen LogP contribution in [-0.2, 0) is 11.1 Å². The van der Waals surface area contributed by atoms with Gasteiger partial charge in [-0.3, -0.25) is 0 Å². The normalized spacial score (nSPS) is 14.6. The van der Waals surface area contributed by atoms with Crippen LogP contribution in [0.15, 0.2) is 0 Å². The van der Waals surface area contributed by atoms with Gasteiger partial charge in [0, 0.05) is 0 Å². The number of aliphatic hydroxyl groups is 1. The number of aliphatic hydroxyl groups excluding tert-OH is 1. The average molecular weight is 278 g/mol. The van der Waals surface area contributed by atoms with Crippen LogP contribution < -0.4 is 0 Å². The molecule has 0 bridgehead atoms. The predicted molar refractivity (Wildman–Crippen MR) is 78.1 cm³/mol.